The van der Waals surface area contributed by atoms with Crippen LogP contribution in [0.25, 0.3) is 11.0 Å². The minimum Gasteiger partial charge on any atom is -0.378 e. The van der Waals surface area contributed by atoms with Crippen LogP contribution >= 0.6 is 0 Å². The van der Waals surface area contributed by atoms with Crippen molar-refractivity contribution in [1.82, 2.24) is 24.8 Å². The van der Waals surface area contributed by atoms with Crippen molar-refractivity contribution in [3.05, 3.63) is 30.2 Å². The summed E-state index contributed by atoms with van der Waals surface area (Å²) in [7, 11) is 3.80. The number of halogens is 2. The molecule has 0 bridgehead atoms. The Balaban J connectivity index is 1.56. The van der Waals surface area contributed by atoms with Gasteiger partial charge < -0.3 is 24.8 Å². The maximum absolute atomic E-state index is 14.9. The van der Waals surface area contributed by atoms with E-state index in [-0.39, 0.29) is 31.0 Å². The first kappa shape index (κ1) is 23.6. The van der Waals surface area contributed by atoms with Crippen LogP contribution in [0.15, 0.2) is 24.7 Å². The van der Waals surface area contributed by atoms with Crippen LogP contribution in [0.5, 0.6) is 0 Å². The van der Waals surface area contributed by atoms with E-state index in [1.54, 1.807) is 6.08 Å². The average molecular weight is 463 g/mol. The molecular formula is C23H32F2N6O2. The summed E-state index contributed by atoms with van der Waals surface area (Å²) in [5, 5.41) is 3.71. The van der Waals surface area contributed by atoms with Crippen LogP contribution in [0.4, 0.5) is 14.6 Å². The van der Waals surface area contributed by atoms with Crippen molar-refractivity contribution in [1.29, 1.82) is 0 Å². The Morgan fingerprint density at radius 3 is 3.00 bits per heavy atom. The second-order valence-electron chi connectivity index (χ2n) is 9.25. The van der Waals surface area contributed by atoms with Gasteiger partial charge in [0.1, 0.15) is 23.8 Å². The van der Waals surface area contributed by atoms with Gasteiger partial charge in [-0.1, -0.05) is 6.08 Å². The Morgan fingerprint density at radius 2 is 2.24 bits per heavy atom. The average Bonchev–Trinajstić information content (AvgIpc) is 3.20. The number of likely N-dealkylation sites (N-methyl/N-ethyl adjacent to an activating group) is 1. The highest BCUT2D eigenvalue weighted by atomic mass is 19.3. The third kappa shape index (κ3) is 5.33. The number of aromatic amines is 1. The molecule has 0 aliphatic carbocycles. The SMILES string of the molecule is CC1CC(c2c[nH]c3ncnc(N[C@H]4CN(C(=O)/C=C/CN(C)C)CCC4(F)F)c23)CCO1. The number of hydrogen-bond acceptors (Lipinski definition) is 6. The second-order valence-corrected chi connectivity index (χ2v) is 9.25. The lowest BCUT2D eigenvalue weighted by Crippen LogP contribution is -2.55. The Morgan fingerprint density at radius 1 is 1.42 bits per heavy atom. The summed E-state index contributed by atoms with van der Waals surface area (Å²) < 4.78 is 35.4. The van der Waals surface area contributed by atoms with Crippen LogP contribution in [0.2, 0.25) is 0 Å². The molecule has 2 N–H and O–H groups in total. The van der Waals surface area contributed by atoms with Crippen molar-refractivity contribution in [2.24, 2.45) is 0 Å². The third-order valence-electron chi connectivity index (χ3n) is 6.41. The Kier molecular flexibility index (Phi) is 6.94. The van der Waals surface area contributed by atoms with Gasteiger partial charge in [-0.15, -0.1) is 0 Å². The normalized spacial score (nSPS) is 25.8. The van der Waals surface area contributed by atoms with Crippen molar-refractivity contribution < 1.29 is 18.3 Å². The molecule has 4 rings (SSSR count). The van der Waals surface area contributed by atoms with Crippen LogP contribution in [-0.4, -0.2) is 89.1 Å². The Bertz CT molecular complexity index is 1010. The highest BCUT2D eigenvalue weighted by Gasteiger charge is 2.45. The van der Waals surface area contributed by atoms with Gasteiger partial charge in [-0.05, 0) is 45.3 Å². The van der Waals surface area contributed by atoms with Gasteiger partial charge in [0.2, 0.25) is 5.91 Å². The first-order valence-electron chi connectivity index (χ1n) is 11.4. The Hall–Kier alpha value is -2.59. The smallest absolute Gasteiger partial charge is 0.271 e. The Labute approximate surface area is 192 Å². The molecule has 0 saturated carbocycles. The lowest BCUT2D eigenvalue weighted by atomic mass is 9.89. The molecule has 2 unspecified atom stereocenters. The number of rotatable bonds is 6. The van der Waals surface area contributed by atoms with Crippen molar-refractivity contribution in [3.63, 3.8) is 0 Å². The number of H-pyrrole nitrogens is 1. The van der Waals surface area contributed by atoms with Gasteiger partial charge >= 0.3 is 0 Å². The number of carbonyl (C=O) groups is 1. The number of nitrogens with one attached hydrogen (secondary N) is 2. The fourth-order valence-corrected chi connectivity index (χ4v) is 4.59. The zero-order chi connectivity index (χ0) is 23.6. The minimum absolute atomic E-state index is 0.0187. The second kappa shape index (κ2) is 9.72. The summed E-state index contributed by atoms with van der Waals surface area (Å²) in [6.45, 7) is 3.23. The van der Waals surface area contributed by atoms with Gasteiger partial charge in [0.05, 0.1) is 11.5 Å². The number of aromatic nitrogens is 3. The number of fused-ring (bicyclic) bond motifs is 1. The van der Waals surface area contributed by atoms with E-state index in [0.29, 0.717) is 24.6 Å². The van der Waals surface area contributed by atoms with Crippen molar-refractivity contribution in [3.8, 4) is 0 Å². The number of piperidine rings is 1. The number of likely N-dealkylation sites (tertiary alicyclic amines) is 1. The molecular weight excluding hydrogens is 430 g/mol. The van der Waals surface area contributed by atoms with E-state index in [2.05, 4.69) is 20.3 Å². The van der Waals surface area contributed by atoms with E-state index in [1.807, 2.05) is 32.1 Å². The van der Waals surface area contributed by atoms with Gasteiger partial charge in [0.25, 0.3) is 5.92 Å². The molecule has 2 aliphatic rings. The number of ether oxygens (including phenoxy) is 1. The highest BCUT2D eigenvalue weighted by molar-refractivity contribution is 5.91. The molecule has 8 nitrogen and oxygen atoms in total. The van der Waals surface area contributed by atoms with Gasteiger partial charge in [0.15, 0.2) is 0 Å². The van der Waals surface area contributed by atoms with E-state index >= 15 is 0 Å². The predicted octanol–water partition coefficient (Wildman–Crippen LogP) is 3.01. The van der Waals surface area contributed by atoms with Crippen LogP contribution in [-0.2, 0) is 9.53 Å². The number of nitrogens with zero attached hydrogens (tertiary/aromatic N) is 4. The highest BCUT2D eigenvalue weighted by Crippen LogP contribution is 2.38. The largest absolute Gasteiger partial charge is 0.378 e. The zero-order valence-electron chi connectivity index (χ0n) is 19.4. The predicted molar refractivity (Wildman–Crippen MR) is 123 cm³/mol. The van der Waals surface area contributed by atoms with Crippen LogP contribution in [0.3, 0.4) is 0 Å². The molecule has 0 spiro atoms. The van der Waals surface area contributed by atoms with E-state index in [4.69, 9.17) is 4.74 Å². The third-order valence-corrected chi connectivity index (χ3v) is 6.41. The number of anilines is 1. The monoisotopic (exact) mass is 462 g/mol. The molecule has 2 aromatic rings. The molecule has 0 radical (unpaired) electrons. The molecule has 2 saturated heterocycles. The lowest BCUT2D eigenvalue weighted by molar-refractivity contribution is -0.133. The maximum atomic E-state index is 14.9. The molecule has 33 heavy (non-hydrogen) atoms. The van der Waals surface area contributed by atoms with Gasteiger partial charge in [0, 0.05) is 44.9 Å². The lowest BCUT2D eigenvalue weighted by Gasteiger charge is -2.38. The minimum atomic E-state index is -2.97. The zero-order valence-corrected chi connectivity index (χ0v) is 19.4. The standard InChI is InChI=1S/C23H32F2N6O2/c1-15-11-16(6-10-33-15)17-12-26-21-20(17)22(28-14-27-21)29-18-13-31(9-7-23(18,24)25)19(32)5-4-8-30(2)3/h4-5,12,14-16,18H,6-11,13H2,1-3H3,(H2,26,27,28,29)/b5-4+/t15?,16?,18-/m0/s1. The van der Waals surface area contributed by atoms with E-state index in [9.17, 15) is 13.6 Å². The van der Waals surface area contributed by atoms with Gasteiger partial charge in [-0.3, -0.25) is 4.79 Å². The van der Waals surface area contributed by atoms with Crippen molar-refractivity contribution in [2.75, 3.05) is 45.7 Å². The van der Waals surface area contributed by atoms with Crippen LogP contribution in [0.1, 0.15) is 37.7 Å². The molecule has 2 aromatic heterocycles. The van der Waals surface area contributed by atoms with E-state index in [1.165, 1.54) is 17.3 Å². The fourth-order valence-electron chi connectivity index (χ4n) is 4.59. The summed E-state index contributed by atoms with van der Waals surface area (Å²) in [4.78, 5) is 27.7. The molecule has 0 aromatic carbocycles. The number of amides is 1. The van der Waals surface area contributed by atoms with Crippen molar-refractivity contribution >= 4 is 22.8 Å². The maximum Gasteiger partial charge on any atom is 0.271 e. The molecule has 4 heterocycles. The molecule has 1 amide bonds. The first-order chi connectivity index (χ1) is 15.7. The van der Waals surface area contributed by atoms with Crippen LogP contribution < -0.4 is 5.32 Å². The molecule has 10 heteroatoms. The summed E-state index contributed by atoms with van der Waals surface area (Å²) in [6.07, 6.45) is 7.91. The number of hydrogen-bond donors (Lipinski definition) is 2. The topological polar surface area (TPSA) is 86.4 Å². The summed E-state index contributed by atoms with van der Waals surface area (Å²) in [5.41, 5.74) is 1.63. The number of alkyl halides is 2. The van der Waals surface area contributed by atoms with Crippen LogP contribution in [0, 0.1) is 0 Å². The summed E-state index contributed by atoms with van der Waals surface area (Å²) >= 11 is 0. The fraction of sp³-hybridized carbons (Fsp3) is 0.609. The summed E-state index contributed by atoms with van der Waals surface area (Å²) in [6, 6.07) is -1.24. The molecule has 3 atom stereocenters. The summed E-state index contributed by atoms with van der Waals surface area (Å²) in [5.74, 6) is -2.62. The quantitative estimate of drug-likeness (QED) is 0.642. The molecule has 2 aliphatic heterocycles. The molecule has 2 fully saturated rings. The molecule has 180 valence electrons. The van der Waals surface area contributed by atoms with Crippen molar-refractivity contribution in [2.45, 2.75) is 50.2 Å². The number of carbonyl (C=O) groups excluding carboxylic acids is 1. The van der Waals surface area contributed by atoms with Gasteiger partial charge in [-0.25, -0.2) is 18.7 Å². The first-order valence-corrected chi connectivity index (χ1v) is 11.4. The van der Waals surface area contributed by atoms with Gasteiger partial charge in [-0.2, -0.15) is 0 Å². The van der Waals surface area contributed by atoms with E-state index < -0.39 is 18.4 Å². The van der Waals surface area contributed by atoms with E-state index in [0.717, 1.165) is 23.8 Å².